The largest absolute Gasteiger partial charge is 0.369 e. The van der Waals surface area contributed by atoms with Crippen molar-refractivity contribution in [2.45, 2.75) is 39.3 Å². The highest BCUT2D eigenvalue weighted by Crippen LogP contribution is 2.25. The van der Waals surface area contributed by atoms with Gasteiger partial charge >= 0.3 is 0 Å². The Morgan fingerprint density at radius 2 is 1.95 bits per heavy atom. The Bertz CT molecular complexity index is 408. The lowest BCUT2D eigenvalue weighted by atomic mass is 9.96. The minimum atomic E-state index is -0.326. The fourth-order valence-electron chi connectivity index (χ4n) is 2.46. The van der Waals surface area contributed by atoms with Crippen molar-refractivity contribution in [1.82, 2.24) is 9.88 Å². The maximum absolute atomic E-state index is 11.4. The van der Waals surface area contributed by atoms with Gasteiger partial charge in [0, 0.05) is 25.0 Å². The fraction of sp³-hybridized carbons (Fsp3) is 0.600. The van der Waals surface area contributed by atoms with Gasteiger partial charge in [-0.3, -0.25) is 14.7 Å². The number of pyridine rings is 1. The first-order valence-corrected chi connectivity index (χ1v) is 7.13. The second-order valence-electron chi connectivity index (χ2n) is 5.59. The Kier molecular flexibility index (Phi) is 6.61. The van der Waals surface area contributed by atoms with Crippen LogP contribution in [0.1, 0.15) is 38.8 Å². The van der Waals surface area contributed by atoms with Gasteiger partial charge in [0.25, 0.3) is 0 Å². The van der Waals surface area contributed by atoms with Crippen LogP contribution in [0.4, 0.5) is 0 Å². The van der Waals surface area contributed by atoms with Crippen LogP contribution in [-0.2, 0) is 4.79 Å². The summed E-state index contributed by atoms with van der Waals surface area (Å²) in [5.41, 5.74) is 12.8. The summed E-state index contributed by atoms with van der Waals surface area (Å²) in [4.78, 5) is 17.5. The topological polar surface area (TPSA) is 85.2 Å². The highest BCUT2D eigenvalue weighted by Gasteiger charge is 2.27. The van der Waals surface area contributed by atoms with Crippen LogP contribution in [0.5, 0.6) is 0 Å². The number of nitrogens with two attached hydrogens (primary N) is 2. The summed E-state index contributed by atoms with van der Waals surface area (Å²) >= 11 is 0. The lowest BCUT2D eigenvalue weighted by Gasteiger charge is -2.36. The number of amides is 1. The fourth-order valence-corrected chi connectivity index (χ4v) is 2.46. The summed E-state index contributed by atoms with van der Waals surface area (Å²) in [5, 5.41) is 0. The molecule has 0 saturated carbocycles. The van der Waals surface area contributed by atoms with Crippen molar-refractivity contribution >= 4 is 5.91 Å². The molecule has 0 saturated heterocycles. The third-order valence-electron chi connectivity index (χ3n) is 3.28. The number of hydrogen-bond donors (Lipinski definition) is 2. The molecular weight excluding hydrogens is 252 g/mol. The SMILES string of the molecule is CCC(N)C(c1ccncc1)N(CC(N)=O)CC(C)C. The average molecular weight is 278 g/mol. The molecule has 2 unspecified atom stereocenters. The number of aromatic nitrogens is 1. The molecule has 0 radical (unpaired) electrons. The summed E-state index contributed by atoms with van der Waals surface area (Å²) in [5.74, 6) is 0.107. The second-order valence-corrected chi connectivity index (χ2v) is 5.59. The number of carbonyl (C=O) groups is 1. The van der Waals surface area contributed by atoms with Gasteiger partial charge in [0.05, 0.1) is 12.6 Å². The molecule has 112 valence electrons. The summed E-state index contributed by atoms with van der Waals surface area (Å²) in [6.07, 6.45) is 4.34. The molecule has 5 nitrogen and oxygen atoms in total. The van der Waals surface area contributed by atoms with E-state index in [1.807, 2.05) is 12.1 Å². The lowest BCUT2D eigenvalue weighted by Crippen LogP contribution is -2.46. The zero-order chi connectivity index (χ0) is 15.1. The van der Waals surface area contributed by atoms with E-state index in [4.69, 9.17) is 11.5 Å². The van der Waals surface area contributed by atoms with Crippen LogP contribution in [0.3, 0.4) is 0 Å². The summed E-state index contributed by atoms with van der Waals surface area (Å²) in [6, 6.07) is 3.84. The molecule has 1 aromatic rings. The van der Waals surface area contributed by atoms with Gasteiger partial charge in [-0.05, 0) is 30.0 Å². The molecule has 1 rings (SSSR count). The predicted octanol–water partition coefficient (Wildman–Crippen LogP) is 1.30. The maximum atomic E-state index is 11.4. The van der Waals surface area contributed by atoms with E-state index >= 15 is 0 Å². The Hall–Kier alpha value is -1.46. The van der Waals surface area contributed by atoms with Crippen LogP contribution >= 0.6 is 0 Å². The molecule has 0 fully saturated rings. The van der Waals surface area contributed by atoms with Gasteiger partial charge in [-0.25, -0.2) is 0 Å². The molecule has 4 N–H and O–H groups in total. The molecular formula is C15H26N4O. The van der Waals surface area contributed by atoms with Crippen LogP contribution in [0.15, 0.2) is 24.5 Å². The molecule has 0 aromatic carbocycles. The monoisotopic (exact) mass is 278 g/mol. The lowest BCUT2D eigenvalue weighted by molar-refractivity contribution is -0.120. The van der Waals surface area contributed by atoms with Gasteiger partial charge in [0.15, 0.2) is 0 Å². The zero-order valence-corrected chi connectivity index (χ0v) is 12.6. The van der Waals surface area contributed by atoms with Gasteiger partial charge in [0.1, 0.15) is 0 Å². The minimum Gasteiger partial charge on any atom is -0.369 e. The molecule has 0 aliphatic heterocycles. The number of hydrogen-bond acceptors (Lipinski definition) is 4. The van der Waals surface area contributed by atoms with Crippen molar-refractivity contribution in [3.63, 3.8) is 0 Å². The van der Waals surface area contributed by atoms with Crippen molar-refractivity contribution in [3.8, 4) is 0 Å². The van der Waals surface area contributed by atoms with E-state index in [1.54, 1.807) is 12.4 Å². The molecule has 2 atom stereocenters. The normalized spacial score (nSPS) is 14.5. The first-order valence-electron chi connectivity index (χ1n) is 7.13. The quantitative estimate of drug-likeness (QED) is 0.750. The maximum Gasteiger partial charge on any atom is 0.231 e. The number of nitrogens with zero attached hydrogens (tertiary/aromatic N) is 2. The van der Waals surface area contributed by atoms with E-state index < -0.39 is 0 Å². The van der Waals surface area contributed by atoms with Crippen LogP contribution in [-0.4, -0.2) is 34.9 Å². The van der Waals surface area contributed by atoms with Gasteiger partial charge in [0.2, 0.25) is 5.91 Å². The summed E-state index contributed by atoms with van der Waals surface area (Å²) in [7, 11) is 0. The Morgan fingerprint density at radius 1 is 1.35 bits per heavy atom. The van der Waals surface area contributed by atoms with Crippen molar-refractivity contribution < 1.29 is 4.79 Å². The van der Waals surface area contributed by atoms with Crippen LogP contribution in [0.25, 0.3) is 0 Å². The second kappa shape index (κ2) is 7.97. The molecule has 20 heavy (non-hydrogen) atoms. The minimum absolute atomic E-state index is 0.0158. The smallest absolute Gasteiger partial charge is 0.231 e. The van der Waals surface area contributed by atoms with Crippen molar-refractivity contribution in [1.29, 1.82) is 0 Å². The molecule has 0 aliphatic rings. The van der Waals surface area contributed by atoms with Crippen molar-refractivity contribution in [2.75, 3.05) is 13.1 Å². The van der Waals surface area contributed by atoms with Gasteiger partial charge in [-0.2, -0.15) is 0 Å². The van der Waals surface area contributed by atoms with Crippen molar-refractivity contribution in [3.05, 3.63) is 30.1 Å². The van der Waals surface area contributed by atoms with E-state index in [1.165, 1.54) is 0 Å². The van der Waals surface area contributed by atoms with Gasteiger partial charge in [-0.15, -0.1) is 0 Å². The van der Waals surface area contributed by atoms with Gasteiger partial charge < -0.3 is 11.5 Å². The Morgan fingerprint density at radius 3 is 2.40 bits per heavy atom. The third kappa shape index (κ3) is 4.90. The molecule has 1 amide bonds. The standard InChI is InChI=1S/C15H26N4O/c1-4-13(16)15(12-5-7-18-8-6-12)19(9-11(2)3)10-14(17)20/h5-8,11,13,15H,4,9-10,16H2,1-3H3,(H2,17,20). The van der Waals surface area contributed by atoms with Crippen LogP contribution < -0.4 is 11.5 Å². The molecule has 0 aliphatic carbocycles. The number of rotatable bonds is 8. The van der Waals surface area contributed by atoms with Crippen LogP contribution in [0.2, 0.25) is 0 Å². The number of primary amides is 1. The molecule has 1 aromatic heterocycles. The van der Waals surface area contributed by atoms with E-state index in [9.17, 15) is 4.79 Å². The molecule has 5 heteroatoms. The van der Waals surface area contributed by atoms with Crippen LogP contribution in [0, 0.1) is 5.92 Å². The average Bonchev–Trinajstić information content (AvgIpc) is 2.38. The highest BCUT2D eigenvalue weighted by molar-refractivity contribution is 5.76. The number of carbonyl (C=O) groups excluding carboxylic acids is 1. The predicted molar refractivity (Wildman–Crippen MR) is 80.8 cm³/mol. The summed E-state index contributed by atoms with van der Waals surface area (Å²) < 4.78 is 0. The Balaban J connectivity index is 3.07. The first kappa shape index (κ1) is 16.6. The molecule has 0 bridgehead atoms. The molecule has 1 heterocycles. The summed E-state index contributed by atoms with van der Waals surface area (Å²) in [6.45, 7) is 7.29. The van der Waals surface area contributed by atoms with E-state index in [0.717, 1.165) is 18.5 Å². The van der Waals surface area contributed by atoms with Gasteiger partial charge in [-0.1, -0.05) is 20.8 Å². The first-order chi connectivity index (χ1) is 9.45. The Labute approximate surface area is 121 Å². The highest BCUT2D eigenvalue weighted by atomic mass is 16.1. The van der Waals surface area contributed by atoms with Crippen molar-refractivity contribution in [2.24, 2.45) is 17.4 Å². The van der Waals surface area contributed by atoms with E-state index in [0.29, 0.717) is 5.92 Å². The zero-order valence-electron chi connectivity index (χ0n) is 12.6. The van der Waals surface area contributed by atoms with E-state index in [2.05, 4.69) is 30.7 Å². The third-order valence-corrected chi connectivity index (χ3v) is 3.28. The molecule has 0 spiro atoms. The van der Waals surface area contributed by atoms with E-state index in [-0.39, 0.29) is 24.5 Å².